The number of nitrogens with zero attached hydrogens (tertiary/aromatic N) is 2. The van der Waals surface area contributed by atoms with Gasteiger partial charge in [0.25, 0.3) is 0 Å². The fourth-order valence-corrected chi connectivity index (χ4v) is 3.13. The van der Waals surface area contributed by atoms with Crippen LogP contribution in [0.25, 0.3) is 11.5 Å². The van der Waals surface area contributed by atoms with Crippen molar-refractivity contribution in [3.8, 4) is 23.3 Å². The Hall–Kier alpha value is -2.81. The molecule has 0 bridgehead atoms. The van der Waals surface area contributed by atoms with E-state index >= 15 is 0 Å². The number of hydrogen-bond donors (Lipinski definition) is 1. The Morgan fingerprint density at radius 1 is 1.36 bits per heavy atom. The topological polar surface area (TPSA) is 88.1 Å². The molecule has 0 aliphatic heterocycles. The van der Waals surface area contributed by atoms with Crippen molar-refractivity contribution in [3.63, 3.8) is 0 Å². The number of oxazole rings is 1. The molecule has 0 saturated heterocycles. The molecule has 2 aromatic rings. The van der Waals surface area contributed by atoms with Crippen LogP contribution in [-0.2, 0) is 11.2 Å². The van der Waals surface area contributed by atoms with Crippen molar-refractivity contribution in [2.75, 3.05) is 13.7 Å². The monoisotopic (exact) mass is 339 g/mol. The van der Waals surface area contributed by atoms with Crippen LogP contribution < -0.4 is 10.1 Å². The van der Waals surface area contributed by atoms with Crippen LogP contribution in [0.5, 0.6) is 5.75 Å². The van der Waals surface area contributed by atoms with Crippen LogP contribution in [0.1, 0.15) is 31.4 Å². The summed E-state index contributed by atoms with van der Waals surface area (Å²) in [6.07, 6.45) is 5.35. The van der Waals surface area contributed by atoms with Gasteiger partial charge in [0.2, 0.25) is 11.8 Å². The van der Waals surface area contributed by atoms with Crippen LogP contribution in [0.2, 0.25) is 0 Å². The average Bonchev–Trinajstić information content (AvgIpc) is 3.32. The molecule has 6 nitrogen and oxygen atoms in total. The largest absolute Gasteiger partial charge is 0.497 e. The van der Waals surface area contributed by atoms with Gasteiger partial charge in [-0.25, -0.2) is 4.98 Å². The number of methoxy groups -OCH3 is 1. The van der Waals surface area contributed by atoms with Gasteiger partial charge in [0, 0.05) is 18.5 Å². The highest BCUT2D eigenvalue weighted by Crippen LogP contribution is 2.37. The standard InChI is InChI=1S/C19H21N3O3/c1-24-16-6-4-14(5-7-16)17-22-15(12-25-17)8-11-21-18(23)19(13-20)9-2-3-10-19/h4-7,12H,2-3,8-11H2,1H3,(H,21,23). The number of hydrogen-bond acceptors (Lipinski definition) is 5. The first-order valence-corrected chi connectivity index (χ1v) is 8.45. The smallest absolute Gasteiger partial charge is 0.240 e. The van der Waals surface area contributed by atoms with Crippen molar-refractivity contribution in [2.45, 2.75) is 32.1 Å². The van der Waals surface area contributed by atoms with E-state index in [2.05, 4.69) is 16.4 Å². The highest BCUT2D eigenvalue weighted by molar-refractivity contribution is 5.85. The molecule has 0 radical (unpaired) electrons. The Morgan fingerprint density at radius 2 is 2.08 bits per heavy atom. The maximum atomic E-state index is 12.3. The second-order valence-corrected chi connectivity index (χ2v) is 6.28. The van der Waals surface area contributed by atoms with E-state index in [1.807, 2.05) is 24.3 Å². The Labute approximate surface area is 146 Å². The van der Waals surface area contributed by atoms with Gasteiger partial charge in [-0.2, -0.15) is 5.26 Å². The second-order valence-electron chi connectivity index (χ2n) is 6.28. The van der Waals surface area contributed by atoms with Gasteiger partial charge in [-0.1, -0.05) is 12.8 Å². The third kappa shape index (κ3) is 3.66. The molecule has 0 unspecified atom stereocenters. The molecule has 130 valence electrons. The molecule has 1 aliphatic carbocycles. The lowest BCUT2D eigenvalue weighted by atomic mass is 9.87. The minimum absolute atomic E-state index is 0.161. The zero-order valence-corrected chi connectivity index (χ0v) is 14.2. The summed E-state index contributed by atoms with van der Waals surface area (Å²) >= 11 is 0. The number of nitriles is 1. The highest BCUT2D eigenvalue weighted by Gasteiger charge is 2.41. The van der Waals surface area contributed by atoms with E-state index in [1.54, 1.807) is 13.4 Å². The van der Waals surface area contributed by atoms with Crippen LogP contribution in [0.4, 0.5) is 0 Å². The Bertz CT molecular complexity index is 768. The first-order chi connectivity index (χ1) is 12.2. The van der Waals surface area contributed by atoms with Gasteiger partial charge in [-0.05, 0) is 37.1 Å². The lowest BCUT2D eigenvalue weighted by Crippen LogP contribution is -2.39. The maximum absolute atomic E-state index is 12.3. The van der Waals surface area contributed by atoms with Crippen molar-refractivity contribution < 1.29 is 13.9 Å². The molecule has 1 aromatic carbocycles. The number of nitrogens with one attached hydrogen (secondary N) is 1. The van der Waals surface area contributed by atoms with Gasteiger partial charge in [0.1, 0.15) is 17.4 Å². The summed E-state index contributed by atoms with van der Waals surface area (Å²) in [7, 11) is 1.62. The number of ether oxygens (including phenoxy) is 1. The quantitative estimate of drug-likeness (QED) is 0.873. The van der Waals surface area contributed by atoms with Gasteiger partial charge >= 0.3 is 0 Å². The Kier molecular flexibility index (Phi) is 5.03. The molecule has 1 heterocycles. The third-order valence-corrected chi connectivity index (χ3v) is 4.66. The van der Waals surface area contributed by atoms with Crippen molar-refractivity contribution in [1.82, 2.24) is 10.3 Å². The molecule has 1 aromatic heterocycles. The fourth-order valence-electron chi connectivity index (χ4n) is 3.13. The zero-order valence-electron chi connectivity index (χ0n) is 14.2. The molecule has 1 aliphatic rings. The van der Waals surface area contributed by atoms with E-state index in [4.69, 9.17) is 9.15 Å². The van der Waals surface area contributed by atoms with Gasteiger partial charge in [0.05, 0.1) is 18.9 Å². The number of amides is 1. The molecule has 0 spiro atoms. The van der Waals surface area contributed by atoms with Crippen LogP contribution in [-0.4, -0.2) is 24.5 Å². The van der Waals surface area contributed by atoms with Crippen molar-refractivity contribution in [1.29, 1.82) is 5.26 Å². The first-order valence-electron chi connectivity index (χ1n) is 8.45. The molecule has 1 saturated carbocycles. The molecule has 0 atom stereocenters. The number of aromatic nitrogens is 1. The van der Waals surface area contributed by atoms with E-state index in [0.29, 0.717) is 31.7 Å². The molecule has 1 amide bonds. The average molecular weight is 339 g/mol. The lowest BCUT2D eigenvalue weighted by Gasteiger charge is -2.18. The number of carbonyl (C=O) groups is 1. The van der Waals surface area contributed by atoms with Crippen molar-refractivity contribution in [3.05, 3.63) is 36.2 Å². The first kappa shape index (κ1) is 17.0. The summed E-state index contributed by atoms with van der Waals surface area (Å²) in [5.74, 6) is 1.15. The molecular formula is C19H21N3O3. The third-order valence-electron chi connectivity index (χ3n) is 4.66. The highest BCUT2D eigenvalue weighted by atomic mass is 16.5. The van der Waals surface area contributed by atoms with E-state index in [-0.39, 0.29) is 5.91 Å². The van der Waals surface area contributed by atoms with Gasteiger partial charge in [-0.15, -0.1) is 0 Å². The Balaban J connectivity index is 1.55. The van der Waals surface area contributed by atoms with Crippen LogP contribution in [0, 0.1) is 16.7 Å². The van der Waals surface area contributed by atoms with Crippen molar-refractivity contribution >= 4 is 5.91 Å². The van der Waals surface area contributed by atoms with Gasteiger partial charge in [-0.3, -0.25) is 4.79 Å². The molecule has 1 fully saturated rings. The van der Waals surface area contributed by atoms with Gasteiger partial charge in [0.15, 0.2) is 0 Å². The van der Waals surface area contributed by atoms with E-state index < -0.39 is 5.41 Å². The van der Waals surface area contributed by atoms with Gasteiger partial charge < -0.3 is 14.5 Å². The van der Waals surface area contributed by atoms with Crippen LogP contribution >= 0.6 is 0 Å². The predicted molar refractivity (Wildman–Crippen MR) is 91.7 cm³/mol. The predicted octanol–water partition coefficient (Wildman–Crippen LogP) is 3.09. The number of rotatable bonds is 6. The van der Waals surface area contributed by atoms with Crippen molar-refractivity contribution in [2.24, 2.45) is 5.41 Å². The summed E-state index contributed by atoms with van der Waals surface area (Å²) < 4.78 is 10.6. The summed E-state index contributed by atoms with van der Waals surface area (Å²) in [4.78, 5) is 16.7. The van der Waals surface area contributed by atoms with Crippen LogP contribution in [0.15, 0.2) is 34.9 Å². The summed E-state index contributed by atoms with van der Waals surface area (Å²) in [6.45, 7) is 0.441. The normalized spacial score (nSPS) is 15.5. The minimum atomic E-state index is -0.835. The fraction of sp³-hybridized carbons (Fsp3) is 0.421. The number of benzene rings is 1. The molecule has 1 N–H and O–H groups in total. The van der Waals surface area contributed by atoms with E-state index in [1.165, 1.54) is 0 Å². The number of carbonyl (C=O) groups excluding carboxylic acids is 1. The van der Waals surface area contributed by atoms with E-state index in [9.17, 15) is 10.1 Å². The van der Waals surface area contributed by atoms with E-state index in [0.717, 1.165) is 29.8 Å². The van der Waals surface area contributed by atoms with Crippen LogP contribution in [0.3, 0.4) is 0 Å². The maximum Gasteiger partial charge on any atom is 0.240 e. The summed E-state index contributed by atoms with van der Waals surface area (Å²) in [5.41, 5.74) is 0.798. The molecule has 25 heavy (non-hydrogen) atoms. The minimum Gasteiger partial charge on any atom is -0.497 e. The lowest BCUT2D eigenvalue weighted by molar-refractivity contribution is -0.127. The summed E-state index contributed by atoms with van der Waals surface area (Å²) in [5, 5.41) is 12.2. The zero-order chi connectivity index (χ0) is 17.7. The molecular weight excluding hydrogens is 318 g/mol. The Morgan fingerprint density at radius 3 is 2.72 bits per heavy atom. The molecule has 6 heteroatoms. The molecule has 3 rings (SSSR count). The SMILES string of the molecule is COc1ccc(-c2nc(CCNC(=O)C3(C#N)CCCC3)co2)cc1. The summed E-state index contributed by atoms with van der Waals surface area (Å²) in [6, 6.07) is 9.67. The second kappa shape index (κ2) is 7.39.